The molecule has 0 bridgehead atoms. The Bertz CT molecular complexity index is 504. The minimum absolute atomic E-state index is 0.629. The van der Waals surface area contributed by atoms with E-state index in [1.54, 1.807) is 18.7 Å². The lowest BCUT2D eigenvalue weighted by Gasteiger charge is -2.26. The van der Waals surface area contributed by atoms with Crippen molar-refractivity contribution >= 4 is 17.7 Å². The number of hydrogen-bond donors (Lipinski definition) is 2. The van der Waals surface area contributed by atoms with Crippen LogP contribution in [0, 0.1) is 0 Å². The zero-order valence-electron chi connectivity index (χ0n) is 12.9. The summed E-state index contributed by atoms with van der Waals surface area (Å²) in [6, 6.07) is 6.69. The van der Waals surface area contributed by atoms with Crippen LogP contribution in [0.1, 0.15) is 44.2 Å². The first-order valence-corrected chi connectivity index (χ1v) is 8.77. The lowest BCUT2D eigenvalue weighted by Crippen LogP contribution is -2.50. The summed E-state index contributed by atoms with van der Waals surface area (Å²) >= 11 is 1.76. The van der Waals surface area contributed by atoms with Gasteiger partial charge in [-0.3, -0.25) is 4.79 Å². The van der Waals surface area contributed by atoms with Crippen molar-refractivity contribution in [2.75, 3.05) is 12.3 Å². The predicted octanol–water partition coefficient (Wildman–Crippen LogP) is 3.50. The highest BCUT2D eigenvalue weighted by Crippen LogP contribution is 2.28. The summed E-state index contributed by atoms with van der Waals surface area (Å²) in [4.78, 5) is 12.7. The molecule has 0 radical (unpaired) electrons. The van der Waals surface area contributed by atoms with E-state index in [2.05, 4.69) is 30.4 Å². The van der Waals surface area contributed by atoms with E-state index in [0.29, 0.717) is 6.42 Å². The standard InChI is InChI=1S/C17H25NO2S/c1-3-10-18-17(2,16(19)20)9-11-21-15-8-7-13-5-4-6-14(13)12-15/h7-8,12,18H,3-6,9-11H2,1-2H3,(H,19,20). The third kappa shape index (κ3) is 4.24. The molecule has 0 aliphatic heterocycles. The number of benzene rings is 1. The summed E-state index contributed by atoms with van der Waals surface area (Å²) in [6.07, 6.45) is 5.24. The number of fused-ring (bicyclic) bond motifs is 1. The number of nitrogens with one attached hydrogen (secondary N) is 1. The van der Waals surface area contributed by atoms with E-state index < -0.39 is 11.5 Å². The summed E-state index contributed by atoms with van der Waals surface area (Å²) in [5.74, 6) is 0.0590. The number of thioether (sulfide) groups is 1. The van der Waals surface area contributed by atoms with Gasteiger partial charge in [0.15, 0.2) is 0 Å². The van der Waals surface area contributed by atoms with Crippen LogP contribution in [-0.2, 0) is 17.6 Å². The smallest absolute Gasteiger partial charge is 0.323 e. The Morgan fingerprint density at radius 3 is 2.86 bits per heavy atom. The molecule has 21 heavy (non-hydrogen) atoms. The first-order chi connectivity index (χ1) is 10.0. The van der Waals surface area contributed by atoms with Crippen LogP contribution in [0.25, 0.3) is 0 Å². The average Bonchev–Trinajstić information content (AvgIpc) is 2.92. The van der Waals surface area contributed by atoms with E-state index in [4.69, 9.17) is 0 Å². The minimum Gasteiger partial charge on any atom is -0.480 e. The minimum atomic E-state index is -0.820. The van der Waals surface area contributed by atoms with Crippen LogP contribution in [0.3, 0.4) is 0 Å². The molecule has 2 rings (SSSR count). The van der Waals surface area contributed by atoms with Crippen molar-refractivity contribution in [2.45, 2.75) is 56.4 Å². The Kier molecular flexibility index (Phi) is 5.71. The fraction of sp³-hybridized carbons (Fsp3) is 0.588. The van der Waals surface area contributed by atoms with Crippen molar-refractivity contribution in [1.29, 1.82) is 0 Å². The summed E-state index contributed by atoms with van der Waals surface area (Å²) in [5.41, 5.74) is 2.14. The molecule has 0 fully saturated rings. The van der Waals surface area contributed by atoms with E-state index in [0.717, 1.165) is 18.7 Å². The SMILES string of the molecule is CCCNC(C)(CCSc1ccc2c(c1)CCC2)C(=O)O. The summed E-state index contributed by atoms with van der Waals surface area (Å²) in [7, 11) is 0. The van der Waals surface area contributed by atoms with Gasteiger partial charge in [-0.15, -0.1) is 11.8 Å². The molecule has 1 aliphatic rings. The van der Waals surface area contributed by atoms with Gasteiger partial charge in [0.1, 0.15) is 5.54 Å². The molecule has 0 aromatic heterocycles. The van der Waals surface area contributed by atoms with Crippen molar-refractivity contribution in [3.05, 3.63) is 29.3 Å². The number of rotatable bonds is 8. The first kappa shape index (κ1) is 16.4. The van der Waals surface area contributed by atoms with Gasteiger partial charge in [-0.2, -0.15) is 0 Å². The number of carboxylic acids is 1. The molecular weight excluding hydrogens is 282 g/mol. The quantitative estimate of drug-likeness (QED) is 0.722. The van der Waals surface area contributed by atoms with Crippen molar-refractivity contribution in [3.8, 4) is 0 Å². The zero-order valence-corrected chi connectivity index (χ0v) is 13.8. The molecule has 2 N–H and O–H groups in total. The van der Waals surface area contributed by atoms with Crippen LogP contribution in [0.15, 0.2) is 23.1 Å². The molecule has 0 saturated heterocycles. The topological polar surface area (TPSA) is 49.3 Å². The van der Waals surface area contributed by atoms with Gasteiger partial charge in [-0.1, -0.05) is 13.0 Å². The van der Waals surface area contributed by atoms with Gasteiger partial charge in [0.05, 0.1) is 0 Å². The van der Waals surface area contributed by atoms with Crippen molar-refractivity contribution in [2.24, 2.45) is 0 Å². The number of aryl methyl sites for hydroxylation is 2. The van der Waals surface area contributed by atoms with Gasteiger partial charge in [0, 0.05) is 10.6 Å². The van der Waals surface area contributed by atoms with E-state index in [-0.39, 0.29) is 0 Å². The molecule has 1 unspecified atom stereocenters. The maximum Gasteiger partial charge on any atom is 0.323 e. The second-order valence-electron chi connectivity index (χ2n) is 5.95. The Labute approximate surface area is 131 Å². The fourth-order valence-corrected chi connectivity index (χ4v) is 3.82. The first-order valence-electron chi connectivity index (χ1n) is 7.78. The van der Waals surface area contributed by atoms with Crippen LogP contribution < -0.4 is 5.32 Å². The highest BCUT2D eigenvalue weighted by Gasteiger charge is 2.31. The van der Waals surface area contributed by atoms with Gasteiger partial charge < -0.3 is 10.4 Å². The molecular formula is C17H25NO2S. The summed E-state index contributed by atoms with van der Waals surface area (Å²) in [5, 5.41) is 12.6. The van der Waals surface area contributed by atoms with E-state index >= 15 is 0 Å². The lowest BCUT2D eigenvalue weighted by molar-refractivity contribution is -0.144. The molecule has 4 heteroatoms. The number of hydrogen-bond acceptors (Lipinski definition) is 3. The molecule has 3 nitrogen and oxygen atoms in total. The number of carbonyl (C=O) groups is 1. The molecule has 1 atom stereocenters. The number of carboxylic acid groups (broad SMARTS) is 1. The Morgan fingerprint density at radius 2 is 2.14 bits per heavy atom. The zero-order chi connectivity index (χ0) is 15.3. The molecule has 0 spiro atoms. The van der Waals surface area contributed by atoms with Gasteiger partial charge in [-0.05, 0) is 68.8 Å². The van der Waals surface area contributed by atoms with Crippen molar-refractivity contribution < 1.29 is 9.90 Å². The van der Waals surface area contributed by atoms with E-state index in [1.807, 2.05) is 0 Å². The van der Waals surface area contributed by atoms with Gasteiger partial charge >= 0.3 is 5.97 Å². The maximum atomic E-state index is 11.5. The molecule has 116 valence electrons. The predicted molar refractivity (Wildman–Crippen MR) is 88.1 cm³/mol. The molecule has 1 aliphatic carbocycles. The van der Waals surface area contributed by atoms with Gasteiger partial charge in [-0.25, -0.2) is 0 Å². The van der Waals surface area contributed by atoms with Crippen LogP contribution >= 0.6 is 11.8 Å². The van der Waals surface area contributed by atoms with Crippen LogP contribution in [0.2, 0.25) is 0 Å². The second-order valence-corrected chi connectivity index (χ2v) is 7.11. The van der Waals surface area contributed by atoms with Gasteiger partial charge in [0.2, 0.25) is 0 Å². The summed E-state index contributed by atoms with van der Waals surface area (Å²) in [6.45, 7) is 4.58. The van der Waals surface area contributed by atoms with Crippen LogP contribution in [0.5, 0.6) is 0 Å². The highest BCUT2D eigenvalue weighted by molar-refractivity contribution is 7.99. The number of aliphatic carboxylic acids is 1. The normalized spacial score (nSPS) is 16.5. The van der Waals surface area contributed by atoms with Crippen molar-refractivity contribution in [3.63, 3.8) is 0 Å². The average molecular weight is 307 g/mol. The third-order valence-electron chi connectivity index (χ3n) is 4.18. The maximum absolute atomic E-state index is 11.5. The highest BCUT2D eigenvalue weighted by atomic mass is 32.2. The van der Waals surface area contributed by atoms with Gasteiger partial charge in [0.25, 0.3) is 0 Å². The molecule has 0 heterocycles. The van der Waals surface area contributed by atoms with Crippen LogP contribution in [0.4, 0.5) is 0 Å². The summed E-state index contributed by atoms with van der Waals surface area (Å²) < 4.78 is 0. The Morgan fingerprint density at radius 1 is 1.38 bits per heavy atom. The third-order valence-corrected chi connectivity index (χ3v) is 5.17. The Balaban J connectivity index is 1.88. The molecule has 0 saturated carbocycles. The Hall–Kier alpha value is -1.00. The van der Waals surface area contributed by atoms with E-state index in [9.17, 15) is 9.90 Å². The monoisotopic (exact) mass is 307 g/mol. The fourth-order valence-electron chi connectivity index (χ4n) is 2.68. The molecule has 0 amide bonds. The van der Waals surface area contributed by atoms with Crippen LogP contribution in [-0.4, -0.2) is 28.9 Å². The molecule has 1 aromatic rings. The molecule has 1 aromatic carbocycles. The largest absolute Gasteiger partial charge is 0.480 e. The second kappa shape index (κ2) is 7.32. The lowest BCUT2D eigenvalue weighted by atomic mass is 9.99. The van der Waals surface area contributed by atoms with E-state index in [1.165, 1.54) is 35.3 Å². The van der Waals surface area contributed by atoms with Crippen molar-refractivity contribution in [1.82, 2.24) is 5.32 Å².